The zero-order chi connectivity index (χ0) is 25.3. The van der Waals surface area contributed by atoms with Gasteiger partial charge in [-0.3, -0.25) is 10.2 Å². The van der Waals surface area contributed by atoms with Crippen LogP contribution in [0.25, 0.3) is 0 Å². The van der Waals surface area contributed by atoms with Crippen molar-refractivity contribution in [3.05, 3.63) is 0 Å². The second-order valence-corrected chi connectivity index (χ2v) is 13.7. The van der Waals surface area contributed by atoms with Crippen molar-refractivity contribution in [3.63, 3.8) is 0 Å². The second kappa shape index (κ2) is 11.1. The highest BCUT2D eigenvalue weighted by atomic mass is 32.2. The minimum atomic E-state index is -3.32. The van der Waals surface area contributed by atoms with E-state index in [0.717, 1.165) is 64.7 Å². The minimum absolute atomic E-state index is 0.00763. The summed E-state index contributed by atoms with van der Waals surface area (Å²) in [5.41, 5.74) is 3.48. The Labute approximate surface area is 215 Å². The van der Waals surface area contributed by atoms with Crippen molar-refractivity contribution in [1.29, 1.82) is 0 Å². The van der Waals surface area contributed by atoms with Gasteiger partial charge in [0.1, 0.15) is 0 Å². The van der Waals surface area contributed by atoms with Gasteiger partial charge in [0.05, 0.1) is 18.3 Å². The molecule has 5 aliphatic rings. The molecule has 0 aromatic heterocycles. The van der Waals surface area contributed by atoms with Crippen LogP contribution in [0.1, 0.15) is 64.2 Å². The predicted molar refractivity (Wildman–Crippen MR) is 135 cm³/mol. The van der Waals surface area contributed by atoms with E-state index < -0.39 is 16.1 Å². The van der Waals surface area contributed by atoms with E-state index in [9.17, 15) is 18.0 Å². The first-order chi connectivity index (χ1) is 17.4. The van der Waals surface area contributed by atoms with Gasteiger partial charge in [0.25, 0.3) is 0 Å². The fourth-order valence-electron chi connectivity index (χ4n) is 7.35. The maximum absolute atomic E-state index is 13.4. The number of hydrogen-bond acceptors (Lipinski definition) is 7. The van der Waals surface area contributed by atoms with Crippen LogP contribution in [-0.4, -0.2) is 98.3 Å². The first-order valence-electron chi connectivity index (χ1n) is 14.0. The van der Waals surface area contributed by atoms with Crippen LogP contribution >= 0.6 is 0 Å². The molecule has 2 N–H and O–H groups in total. The molecular formula is C25H43N5O5S. The number of sulfonamides is 1. The van der Waals surface area contributed by atoms with Crippen LogP contribution in [0.3, 0.4) is 0 Å². The zero-order valence-electron chi connectivity index (χ0n) is 21.6. The van der Waals surface area contributed by atoms with E-state index in [1.165, 1.54) is 7.11 Å². The molecule has 1 saturated carbocycles. The number of ether oxygens (including phenoxy) is 1. The summed E-state index contributed by atoms with van der Waals surface area (Å²) in [6.45, 7) is 4.74. The molecule has 204 valence electrons. The topological polar surface area (TPSA) is 111 Å². The van der Waals surface area contributed by atoms with Gasteiger partial charge in [0, 0.05) is 51.4 Å². The number of rotatable bonds is 5. The fourth-order valence-corrected chi connectivity index (χ4v) is 9.36. The SMILES string of the molecule is COC(=O)NC1CCC(S(=O)(=O)N2CCC(C3CCN4NCC(C(=O)N5CCCC5)C4C3)CC2)CC1. The maximum atomic E-state index is 13.4. The average molecular weight is 526 g/mol. The molecule has 0 radical (unpaired) electrons. The van der Waals surface area contributed by atoms with Crippen molar-refractivity contribution in [2.75, 3.05) is 46.4 Å². The van der Waals surface area contributed by atoms with Gasteiger partial charge in [-0.1, -0.05) is 0 Å². The largest absolute Gasteiger partial charge is 0.453 e. The van der Waals surface area contributed by atoms with Gasteiger partial charge in [-0.2, -0.15) is 0 Å². The van der Waals surface area contributed by atoms with Crippen molar-refractivity contribution in [1.82, 2.24) is 25.0 Å². The Bertz CT molecular complexity index is 895. The number of hydrazine groups is 1. The average Bonchev–Trinajstić information content (AvgIpc) is 3.59. The molecule has 0 bridgehead atoms. The summed E-state index contributed by atoms with van der Waals surface area (Å²) in [7, 11) is -1.98. The van der Waals surface area contributed by atoms with E-state index in [0.29, 0.717) is 56.5 Å². The Kier molecular flexibility index (Phi) is 8.09. The van der Waals surface area contributed by atoms with Crippen molar-refractivity contribution in [2.24, 2.45) is 17.8 Å². The molecule has 11 heteroatoms. The zero-order valence-corrected chi connectivity index (χ0v) is 22.4. The molecule has 36 heavy (non-hydrogen) atoms. The summed E-state index contributed by atoms with van der Waals surface area (Å²) in [5, 5.41) is 4.76. The van der Waals surface area contributed by atoms with Gasteiger partial charge in [-0.05, 0) is 76.0 Å². The molecule has 5 fully saturated rings. The van der Waals surface area contributed by atoms with Crippen LogP contribution in [-0.2, 0) is 19.6 Å². The molecule has 1 aliphatic carbocycles. The molecule has 4 aliphatic heterocycles. The number of hydrogen-bond donors (Lipinski definition) is 2. The Balaban J connectivity index is 1.11. The van der Waals surface area contributed by atoms with Gasteiger partial charge < -0.3 is 15.0 Å². The quantitative estimate of drug-likeness (QED) is 0.560. The fraction of sp³-hybridized carbons (Fsp3) is 0.920. The number of carbonyl (C=O) groups excluding carboxylic acids is 2. The molecule has 3 atom stereocenters. The van der Waals surface area contributed by atoms with Crippen LogP contribution < -0.4 is 10.7 Å². The minimum Gasteiger partial charge on any atom is -0.453 e. The molecular weight excluding hydrogens is 482 g/mol. The second-order valence-electron chi connectivity index (χ2n) is 11.4. The predicted octanol–water partition coefficient (Wildman–Crippen LogP) is 1.53. The molecule has 0 aromatic carbocycles. The summed E-state index contributed by atoms with van der Waals surface area (Å²) in [6.07, 6.45) is 8.26. The maximum Gasteiger partial charge on any atom is 0.407 e. The number of nitrogens with zero attached hydrogens (tertiary/aromatic N) is 3. The van der Waals surface area contributed by atoms with Gasteiger partial charge in [0.15, 0.2) is 0 Å². The Hall–Kier alpha value is -1.43. The summed E-state index contributed by atoms with van der Waals surface area (Å²) in [4.78, 5) is 26.6. The molecule has 5 rings (SSSR count). The third-order valence-corrected chi connectivity index (χ3v) is 11.9. The Morgan fingerprint density at radius 3 is 2.22 bits per heavy atom. The standard InChI is InChI=1S/C25H43N5O5S/c1-35-25(32)27-20-4-6-21(7-5-20)36(33,34)29-13-8-18(9-14-29)19-10-15-30-23(16-19)22(17-26-30)24(31)28-11-2-3-12-28/h18-23,26H,2-17H2,1H3,(H,27,32). The molecule has 0 aromatic rings. The third kappa shape index (κ3) is 5.39. The number of amides is 2. The highest BCUT2D eigenvalue weighted by molar-refractivity contribution is 7.89. The first-order valence-corrected chi connectivity index (χ1v) is 15.5. The number of piperidine rings is 2. The number of likely N-dealkylation sites (tertiary alicyclic amines) is 1. The first kappa shape index (κ1) is 26.2. The summed E-state index contributed by atoms with van der Waals surface area (Å²) in [5.74, 6) is 1.46. The van der Waals surface area contributed by atoms with Crippen molar-refractivity contribution in [3.8, 4) is 0 Å². The lowest BCUT2D eigenvalue weighted by molar-refractivity contribution is -0.135. The van der Waals surface area contributed by atoms with Crippen LogP contribution in [0, 0.1) is 17.8 Å². The third-order valence-electron chi connectivity index (χ3n) is 9.53. The number of methoxy groups -OCH3 is 1. The molecule has 2 amide bonds. The summed E-state index contributed by atoms with van der Waals surface area (Å²) >= 11 is 0. The van der Waals surface area contributed by atoms with Crippen molar-refractivity contribution < 1.29 is 22.7 Å². The molecule has 4 heterocycles. The van der Waals surface area contributed by atoms with Crippen molar-refractivity contribution in [2.45, 2.75) is 81.5 Å². The van der Waals surface area contributed by atoms with Gasteiger partial charge >= 0.3 is 6.09 Å². The van der Waals surface area contributed by atoms with E-state index in [1.807, 2.05) is 0 Å². The van der Waals surface area contributed by atoms with E-state index in [-0.39, 0.29) is 23.3 Å². The normalized spacial score (nSPS) is 34.9. The van der Waals surface area contributed by atoms with Crippen molar-refractivity contribution >= 4 is 22.0 Å². The molecule has 4 saturated heterocycles. The van der Waals surface area contributed by atoms with Crippen LogP contribution in [0.15, 0.2) is 0 Å². The van der Waals surface area contributed by atoms with Crippen LogP contribution in [0.4, 0.5) is 4.79 Å². The number of carbonyl (C=O) groups is 2. The smallest absolute Gasteiger partial charge is 0.407 e. The number of alkyl carbamates (subject to hydrolysis) is 1. The van der Waals surface area contributed by atoms with E-state index in [1.54, 1.807) is 4.31 Å². The summed E-state index contributed by atoms with van der Waals surface area (Å²) in [6, 6.07) is 0.263. The van der Waals surface area contributed by atoms with Gasteiger partial charge in [0.2, 0.25) is 15.9 Å². The van der Waals surface area contributed by atoms with E-state index >= 15 is 0 Å². The van der Waals surface area contributed by atoms with Crippen LogP contribution in [0.2, 0.25) is 0 Å². The van der Waals surface area contributed by atoms with E-state index in [2.05, 4.69) is 25.4 Å². The lowest BCUT2D eigenvalue weighted by Gasteiger charge is -2.43. The Morgan fingerprint density at radius 1 is 0.889 bits per heavy atom. The highest BCUT2D eigenvalue weighted by Gasteiger charge is 2.46. The monoisotopic (exact) mass is 525 g/mol. The van der Waals surface area contributed by atoms with Crippen LogP contribution in [0.5, 0.6) is 0 Å². The molecule has 3 unspecified atom stereocenters. The van der Waals surface area contributed by atoms with Gasteiger partial charge in [-0.25, -0.2) is 22.5 Å². The number of fused-ring (bicyclic) bond motifs is 1. The van der Waals surface area contributed by atoms with Gasteiger partial charge in [-0.15, -0.1) is 0 Å². The number of nitrogens with one attached hydrogen (secondary N) is 2. The Morgan fingerprint density at radius 2 is 1.56 bits per heavy atom. The molecule has 10 nitrogen and oxygen atoms in total. The molecule has 0 spiro atoms. The summed E-state index contributed by atoms with van der Waals surface area (Å²) < 4.78 is 33.1. The lowest BCUT2D eigenvalue weighted by Crippen LogP contribution is -2.50. The highest BCUT2D eigenvalue weighted by Crippen LogP contribution is 2.39. The lowest BCUT2D eigenvalue weighted by atomic mass is 9.75. The van der Waals surface area contributed by atoms with E-state index in [4.69, 9.17) is 0 Å².